The van der Waals surface area contributed by atoms with Gasteiger partial charge in [0.25, 0.3) is 0 Å². The largest absolute Gasteiger partial charge is 0.497 e. The van der Waals surface area contributed by atoms with Crippen molar-refractivity contribution >= 4 is 5.96 Å². The van der Waals surface area contributed by atoms with E-state index in [0.717, 1.165) is 70.6 Å². The number of unbranched alkanes of at least 4 members (excludes halogenated alkanes) is 1. The molecule has 1 aromatic carbocycles. The van der Waals surface area contributed by atoms with Crippen LogP contribution in [0.4, 0.5) is 0 Å². The van der Waals surface area contributed by atoms with Crippen molar-refractivity contribution in [2.45, 2.75) is 25.8 Å². The highest BCUT2D eigenvalue weighted by Gasteiger charge is 2.22. The Labute approximate surface area is 187 Å². The first-order valence-electron chi connectivity index (χ1n) is 11.3. The van der Waals surface area contributed by atoms with Crippen LogP contribution in [0.1, 0.15) is 31.4 Å². The van der Waals surface area contributed by atoms with Gasteiger partial charge in [0.2, 0.25) is 0 Å². The van der Waals surface area contributed by atoms with Crippen molar-refractivity contribution in [1.82, 2.24) is 15.5 Å². The zero-order valence-corrected chi connectivity index (χ0v) is 19.4. The smallest absolute Gasteiger partial charge is 0.191 e. The molecule has 1 aliphatic rings. The maximum atomic E-state index is 5.55. The molecule has 1 atom stereocenters. The second kappa shape index (κ2) is 15.9. The Morgan fingerprint density at radius 3 is 2.52 bits per heavy atom. The van der Waals surface area contributed by atoms with Crippen LogP contribution in [-0.2, 0) is 14.2 Å². The SMILES string of the molecule is CCNC(=NCC(c1ccc(OC)cc1)N1CCOCC1)NCCCCOCCOC. The maximum absolute atomic E-state index is 5.55. The van der Waals surface area contributed by atoms with Gasteiger partial charge in [0, 0.05) is 39.9 Å². The molecule has 1 aromatic rings. The lowest BCUT2D eigenvalue weighted by Gasteiger charge is -2.34. The van der Waals surface area contributed by atoms with E-state index in [1.807, 2.05) is 12.1 Å². The van der Waals surface area contributed by atoms with E-state index in [0.29, 0.717) is 19.8 Å². The lowest BCUT2D eigenvalue weighted by Crippen LogP contribution is -2.42. The van der Waals surface area contributed by atoms with Gasteiger partial charge in [0.1, 0.15) is 5.75 Å². The molecule has 0 aromatic heterocycles. The van der Waals surface area contributed by atoms with Gasteiger partial charge in [0.05, 0.1) is 46.1 Å². The Kier molecular flexibility index (Phi) is 13.0. The molecule has 8 nitrogen and oxygen atoms in total. The highest BCUT2D eigenvalue weighted by molar-refractivity contribution is 5.79. The number of rotatable bonds is 14. The number of nitrogens with one attached hydrogen (secondary N) is 2. The van der Waals surface area contributed by atoms with Crippen molar-refractivity contribution in [2.75, 3.05) is 80.0 Å². The van der Waals surface area contributed by atoms with Gasteiger partial charge >= 0.3 is 0 Å². The Bertz CT molecular complexity index is 606. The van der Waals surface area contributed by atoms with E-state index >= 15 is 0 Å². The third-order valence-electron chi connectivity index (χ3n) is 5.19. The van der Waals surface area contributed by atoms with Crippen molar-refractivity contribution in [3.8, 4) is 5.75 Å². The number of hydrogen-bond donors (Lipinski definition) is 2. The Morgan fingerprint density at radius 2 is 1.84 bits per heavy atom. The molecule has 0 spiro atoms. The van der Waals surface area contributed by atoms with Crippen LogP contribution >= 0.6 is 0 Å². The summed E-state index contributed by atoms with van der Waals surface area (Å²) in [5.74, 6) is 1.73. The zero-order chi connectivity index (χ0) is 22.2. The van der Waals surface area contributed by atoms with Crippen LogP contribution in [0.15, 0.2) is 29.3 Å². The number of aliphatic imine (C=N–C) groups is 1. The summed E-state index contributed by atoms with van der Waals surface area (Å²) in [5.41, 5.74) is 1.25. The molecular formula is C23H40N4O4. The second-order valence-corrected chi connectivity index (χ2v) is 7.40. The average molecular weight is 437 g/mol. The van der Waals surface area contributed by atoms with Gasteiger partial charge < -0.3 is 29.6 Å². The van der Waals surface area contributed by atoms with Gasteiger partial charge in [-0.05, 0) is 37.5 Å². The second-order valence-electron chi connectivity index (χ2n) is 7.40. The molecule has 176 valence electrons. The summed E-state index contributed by atoms with van der Waals surface area (Å²) < 4.78 is 21.4. The molecule has 0 amide bonds. The summed E-state index contributed by atoms with van der Waals surface area (Å²) >= 11 is 0. The highest BCUT2D eigenvalue weighted by Crippen LogP contribution is 2.24. The lowest BCUT2D eigenvalue weighted by atomic mass is 10.0. The summed E-state index contributed by atoms with van der Waals surface area (Å²) in [6, 6.07) is 8.52. The predicted octanol–water partition coefficient (Wildman–Crippen LogP) is 2.07. The monoisotopic (exact) mass is 436 g/mol. The first kappa shape index (κ1) is 25.4. The molecule has 2 rings (SSSR count). The van der Waals surface area contributed by atoms with Crippen molar-refractivity contribution in [1.29, 1.82) is 0 Å². The molecule has 31 heavy (non-hydrogen) atoms. The molecule has 0 saturated carbocycles. The minimum Gasteiger partial charge on any atom is -0.497 e. The highest BCUT2D eigenvalue weighted by atomic mass is 16.5. The van der Waals surface area contributed by atoms with Gasteiger partial charge in [-0.25, -0.2) is 0 Å². The van der Waals surface area contributed by atoms with Crippen LogP contribution in [-0.4, -0.2) is 90.8 Å². The third-order valence-corrected chi connectivity index (χ3v) is 5.19. The van der Waals surface area contributed by atoms with Crippen LogP contribution in [0.25, 0.3) is 0 Å². The topological polar surface area (TPSA) is 76.6 Å². The molecule has 0 radical (unpaired) electrons. The fraction of sp³-hybridized carbons (Fsp3) is 0.696. The zero-order valence-electron chi connectivity index (χ0n) is 19.4. The number of morpholine rings is 1. The number of nitrogens with zero attached hydrogens (tertiary/aromatic N) is 2. The number of ether oxygens (including phenoxy) is 4. The Morgan fingerprint density at radius 1 is 1.06 bits per heavy atom. The van der Waals surface area contributed by atoms with Crippen LogP contribution < -0.4 is 15.4 Å². The van der Waals surface area contributed by atoms with Crippen LogP contribution in [0, 0.1) is 0 Å². The van der Waals surface area contributed by atoms with E-state index in [9.17, 15) is 0 Å². The normalized spacial score (nSPS) is 16.2. The minimum atomic E-state index is 0.208. The summed E-state index contributed by atoms with van der Waals surface area (Å²) in [5, 5.41) is 6.80. The van der Waals surface area contributed by atoms with E-state index in [2.05, 4.69) is 34.6 Å². The Hall–Kier alpha value is -1.87. The molecule has 1 unspecified atom stereocenters. The van der Waals surface area contributed by atoms with Crippen molar-refractivity contribution in [3.05, 3.63) is 29.8 Å². The molecule has 1 fully saturated rings. The maximum Gasteiger partial charge on any atom is 0.191 e. The van der Waals surface area contributed by atoms with Crippen LogP contribution in [0.5, 0.6) is 5.75 Å². The average Bonchev–Trinajstić information content (AvgIpc) is 2.82. The van der Waals surface area contributed by atoms with E-state index in [1.54, 1.807) is 14.2 Å². The van der Waals surface area contributed by atoms with Gasteiger partial charge in [0.15, 0.2) is 5.96 Å². The molecule has 0 aliphatic carbocycles. The molecule has 1 heterocycles. The molecule has 0 bridgehead atoms. The molecule has 1 aliphatic heterocycles. The number of methoxy groups -OCH3 is 2. The fourth-order valence-corrected chi connectivity index (χ4v) is 3.45. The van der Waals surface area contributed by atoms with E-state index in [-0.39, 0.29) is 6.04 Å². The molecule has 2 N–H and O–H groups in total. The van der Waals surface area contributed by atoms with Crippen LogP contribution in [0.3, 0.4) is 0 Å². The van der Waals surface area contributed by atoms with Gasteiger partial charge in [-0.1, -0.05) is 12.1 Å². The summed E-state index contributed by atoms with van der Waals surface area (Å²) in [4.78, 5) is 7.35. The molecular weight excluding hydrogens is 396 g/mol. The molecule has 8 heteroatoms. The minimum absolute atomic E-state index is 0.208. The summed E-state index contributed by atoms with van der Waals surface area (Å²) in [6.07, 6.45) is 2.04. The van der Waals surface area contributed by atoms with E-state index < -0.39 is 0 Å². The predicted molar refractivity (Wildman–Crippen MR) is 124 cm³/mol. The van der Waals surface area contributed by atoms with Crippen molar-refractivity contribution < 1.29 is 18.9 Å². The first-order chi connectivity index (χ1) is 15.3. The third kappa shape index (κ3) is 9.86. The number of guanidine groups is 1. The van der Waals surface area contributed by atoms with Crippen LogP contribution in [0.2, 0.25) is 0 Å². The fourth-order valence-electron chi connectivity index (χ4n) is 3.45. The quantitative estimate of drug-likeness (QED) is 0.263. The van der Waals surface area contributed by atoms with Crippen molar-refractivity contribution in [2.24, 2.45) is 4.99 Å². The van der Waals surface area contributed by atoms with E-state index in [1.165, 1.54) is 5.56 Å². The first-order valence-corrected chi connectivity index (χ1v) is 11.3. The standard InChI is InChI=1S/C23H40N4O4/c1-4-24-23(25-11-5-6-14-30-18-17-28-2)26-19-22(27-12-15-31-16-13-27)20-7-9-21(29-3)10-8-20/h7-10,22H,4-6,11-19H2,1-3H3,(H2,24,25,26). The lowest BCUT2D eigenvalue weighted by molar-refractivity contribution is 0.0179. The van der Waals surface area contributed by atoms with E-state index in [4.69, 9.17) is 23.9 Å². The Balaban J connectivity index is 1.90. The van der Waals surface area contributed by atoms with Gasteiger partial charge in [-0.3, -0.25) is 9.89 Å². The number of benzene rings is 1. The number of hydrogen-bond acceptors (Lipinski definition) is 6. The van der Waals surface area contributed by atoms with Gasteiger partial charge in [-0.15, -0.1) is 0 Å². The molecule has 1 saturated heterocycles. The van der Waals surface area contributed by atoms with Gasteiger partial charge in [-0.2, -0.15) is 0 Å². The summed E-state index contributed by atoms with van der Waals surface area (Å²) in [7, 11) is 3.38. The van der Waals surface area contributed by atoms with Crippen molar-refractivity contribution in [3.63, 3.8) is 0 Å². The summed E-state index contributed by atoms with van der Waals surface area (Å²) in [6.45, 7) is 9.89.